The number of aromatic nitrogens is 1. The summed E-state index contributed by atoms with van der Waals surface area (Å²) in [5.41, 5.74) is 2.69. The Balaban J connectivity index is 0.00000144. The van der Waals surface area contributed by atoms with Crippen LogP contribution >= 0.6 is 15.9 Å². The van der Waals surface area contributed by atoms with Crippen LogP contribution in [0.2, 0.25) is 0 Å². The molecule has 2 rings (SSSR count). The third kappa shape index (κ3) is 3.38. The number of halogens is 1. The topological polar surface area (TPSA) is 47.9 Å². The molecule has 17 heavy (non-hydrogen) atoms. The summed E-state index contributed by atoms with van der Waals surface area (Å²) in [5, 5.41) is 0. The Kier molecular flexibility index (Phi) is 5.32. The van der Waals surface area contributed by atoms with Gasteiger partial charge in [-0.3, -0.25) is 4.98 Å². The van der Waals surface area contributed by atoms with Crippen molar-refractivity contribution in [3.05, 3.63) is 64.4 Å². The number of hydrogen-bond acceptors (Lipinski definition) is 2. The van der Waals surface area contributed by atoms with Crippen LogP contribution in [0.25, 0.3) is 0 Å². The lowest BCUT2D eigenvalue weighted by atomic mass is 9.90. The van der Waals surface area contributed by atoms with Crippen molar-refractivity contribution in [2.24, 2.45) is 0 Å². The second kappa shape index (κ2) is 6.52. The van der Waals surface area contributed by atoms with Gasteiger partial charge in [0.1, 0.15) is 0 Å². The summed E-state index contributed by atoms with van der Waals surface area (Å²) in [5.74, 6) is 0.469. The van der Waals surface area contributed by atoms with Gasteiger partial charge in [-0.05, 0) is 41.8 Å². The highest BCUT2D eigenvalue weighted by atomic mass is 79.9. The van der Waals surface area contributed by atoms with Gasteiger partial charge in [-0.1, -0.05) is 35.0 Å². The highest BCUT2D eigenvalue weighted by Crippen LogP contribution is 2.28. The molecule has 0 aliphatic rings. The average molecular weight is 293 g/mol. The minimum Gasteiger partial charge on any atom is -0.344 e. The van der Waals surface area contributed by atoms with Gasteiger partial charge in [0.25, 0.3) is 0 Å². The van der Waals surface area contributed by atoms with E-state index in [0.717, 1.165) is 10.9 Å². The Hall–Kier alpha value is -1.19. The van der Waals surface area contributed by atoms with E-state index in [9.17, 15) is 0 Å². The molecule has 1 unspecified atom stereocenters. The third-order valence-corrected chi connectivity index (χ3v) is 3.32. The molecule has 0 saturated carbocycles. The maximum atomic E-state index is 4.06. The molecule has 0 aliphatic heterocycles. The molecule has 0 saturated heterocycles. The van der Waals surface area contributed by atoms with E-state index in [1.165, 1.54) is 11.1 Å². The van der Waals surface area contributed by atoms with Gasteiger partial charge < -0.3 is 6.15 Å². The Bertz CT molecular complexity index is 440. The molecule has 2 nitrogen and oxygen atoms in total. The van der Waals surface area contributed by atoms with Crippen LogP contribution in [0.5, 0.6) is 0 Å². The van der Waals surface area contributed by atoms with E-state index in [4.69, 9.17) is 0 Å². The average Bonchev–Trinajstić information content (AvgIpc) is 2.34. The van der Waals surface area contributed by atoms with E-state index in [2.05, 4.69) is 64.2 Å². The Labute approximate surface area is 111 Å². The summed E-state index contributed by atoms with van der Waals surface area (Å²) in [6, 6.07) is 12.7. The van der Waals surface area contributed by atoms with Crippen molar-refractivity contribution >= 4 is 15.9 Å². The number of hydrogen-bond donors (Lipinski definition) is 1. The van der Waals surface area contributed by atoms with Crippen molar-refractivity contribution in [1.29, 1.82) is 0 Å². The predicted octanol–water partition coefficient (Wildman–Crippen LogP) is 4.55. The van der Waals surface area contributed by atoms with Crippen molar-refractivity contribution < 1.29 is 0 Å². The maximum absolute atomic E-state index is 4.06. The van der Waals surface area contributed by atoms with Crippen molar-refractivity contribution in [2.75, 3.05) is 0 Å². The van der Waals surface area contributed by atoms with E-state index >= 15 is 0 Å². The van der Waals surface area contributed by atoms with Crippen LogP contribution < -0.4 is 6.15 Å². The smallest absolute Gasteiger partial charge is 0.0270 e. The summed E-state index contributed by atoms with van der Waals surface area (Å²) in [4.78, 5) is 4.06. The van der Waals surface area contributed by atoms with E-state index in [1.54, 1.807) is 0 Å². The van der Waals surface area contributed by atoms with Gasteiger partial charge in [0.15, 0.2) is 0 Å². The zero-order valence-corrected chi connectivity index (χ0v) is 11.5. The van der Waals surface area contributed by atoms with Gasteiger partial charge in [0.05, 0.1) is 0 Å². The number of pyridine rings is 1. The highest BCUT2D eigenvalue weighted by Gasteiger charge is 2.11. The van der Waals surface area contributed by atoms with E-state index in [0.29, 0.717) is 5.92 Å². The first-order valence-electron chi connectivity index (χ1n) is 5.46. The standard InChI is InChI=1S/C14H14BrN.H3N/c1-2-14(12-7-9-16-10-8-12)11-3-5-13(15)6-4-11;/h3-10,14H,2H2,1H3;1H3. The Morgan fingerprint density at radius 3 is 2.06 bits per heavy atom. The van der Waals surface area contributed by atoms with Crippen LogP contribution in [0.3, 0.4) is 0 Å². The Morgan fingerprint density at radius 1 is 1.00 bits per heavy atom. The van der Waals surface area contributed by atoms with Crippen molar-refractivity contribution in [2.45, 2.75) is 19.3 Å². The number of nitrogens with zero attached hydrogens (tertiary/aromatic N) is 1. The molecular weight excluding hydrogens is 276 g/mol. The van der Waals surface area contributed by atoms with Gasteiger partial charge in [-0.15, -0.1) is 0 Å². The second-order valence-corrected chi connectivity index (χ2v) is 4.71. The van der Waals surface area contributed by atoms with Gasteiger partial charge in [-0.25, -0.2) is 0 Å². The second-order valence-electron chi connectivity index (χ2n) is 3.79. The molecule has 0 bridgehead atoms. The van der Waals surface area contributed by atoms with Gasteiger partial charge >= 0.3 is 0 Å². The first-order chi connectivity index (χ1) is 7.81. The van der Waals surface area contributed by atoms with Crippen LogP contribution in [-0.4, -0.2) is 4.98 Å². The van der Waals surface area contributed by atoms with Gasteiger partial charge in [-0.2, -0.15) is 0 Å². The summed E-state index contributed by atoms with van der Waals surface area (Å²) in [6.45, 7) is 2.22. The van der Waals surface area contributed by atoms with Crippen LogP contribution in [-0.2, 0) is 0 Å². The largest absolute Gasteiger partial charge is 0.344 e. The zero-order valence-electron chi connectivity index (χ0n) is 9.94. The quantitative estimate of drug-likeness (QED) is 0.902. The van der Waals surface area contributed by atoms with Crippen LogP contribution in [0.1, 0.15) is 30.4 Å². The fourth-order valence-corrected chi connectivity index (χ4v) is 2.22. The molecule has 0 spiro atoms. The fourth-order valence-electron chi connectivity index (χ4n) is 1.95. The lowest BCUT2D eigenvalue weighted by Gasteiger charge is -2.15. The summed E-state index contributed by atoms with van der Waals surface area (Å²) < 4.78 is 1.13. The number of rotatable bonds is 3. The molecule has 1 aromatic heterocycles. The molecule has 3 N–H and O–H groups in total. The molecule has 0 amide bonds. The van der Waals surface area contributed by atoms with Gasteiger partial charge in [0, 0.05) is 22.8 Å². The molecule has 90 valence electrons. The van der Waals surface area contributed by atoms with Crippen LogP contribution in [0.15, 0.2) is 53.3 Å². The first-order valence-corrected chi connectivity index (χ1v) is 6.26. The van der Waals surface area contributed by atoms with E-state index in [-0.39, 0.29) is 6.15 Å². The van der Waals surface area contributed by atoms with Gasteiger partial charge in [0.2, 0.25) is 0 Å². The van der Waals surface area contributed by atoms with Crippen molar-refractivity contribution in [3.63, 3.8) is 0 Å². The third-order valence-electron chi connectivity index (χ3n) is 2.79. The first kappa shape index (κ1) is 13.9. The molecule has 2 aromatic rings. The SMILES string of the molecule is CCC(c1ccncc1)c1ccc(Br)cc1.N. The lowest BCUT2D eigenvalue weighted by Crippen LogP contribution is -1.99. The Morgan fingerprint density at radius 2 is 1.53 bits per heavy atom. The minimum absolute atomic E-state index is 0. The highest BCUT2D eigenvalue weighted by molar-refractivity contribution is 9.10. The molecule has 3 heteroatoms. The van der Waals surface area contributed by atoms with Crippen molar-refractivity contribution in [1.82, 2.24) is 11.1 Å². The minimum atomic E-state index is 0. The van der Waals surface area contributed by atoms with Crippen molar-refractivity contribution in [3.8, 4) is 0 Å². The van der Waals surface area contributed by atoms with Crippen LogP contribution in [0.4, 0.5) is 0 Å². The molecule has 1 aromatic carbocycles. The maximum Gasteiger partial charge on any atom is 0.0270 e. The molecule has 0 radical (unpaired) electrons. The molecule has 1 heterocycles. The number of benzene rings is 1. The molecule has 1 atom stereocenters. The monoisotopic (exact) mass is 292 g/mol. The summed E-state index contributed by atoms with van der Waals surface area (Å²) in [6.07, 6.45) is 4.82. The van der Waals surface area contributed by atoms with Crippen LogP contribution in [0, 0.1) is 0 Å². The normalized spacial score (nSPS) is 11.6. The summed E-state index contributed by atoms with van der Waals surface area (Å²) >= 11 is 3.46. The van der Waals surface area contributed by atoms with E-state index < -0.39 is 0 Å². The lowest BCUT2D eigenvalue weighted by molar-refractivity contribution is 0.775. The molecule has 0 aliphatic carbocycles. The summed E-state index contributed by atoms with van der Waals surface area (Å²) in [7, 11) is 0. The molecular formula is C14H17BrN2. The fraction of sp³-hybridized carbons (Fsp3) is 0.214. The predicted molar refractivity (Wildman–Crippen MR) is 75.5 cm³/mol. The molecule has 0 fully saturated rings. The van der Waals surface area contributed by atoms with E-state index in [1.807, 2.05) is 12.4 Å². The zero-order chi connectivity index (χ0) is 11.4.